The van der Waals surface area contributed by atoms with Crippen molar-refractivity contribution in [2.24, 2.45) is 0 Å². The predicted molar refractivity (Wildman–Crippen MR) is 58.5 cm³/mol. The monoisotopic (exact) mass is 230 g/mol. The van der Waals surface area contributed by atoms with Crippen LogP contribution < -0.4 is 0 Å². The molecule has 0 aromatic heterocycles. The minimum absolute atomic E-state index is 0.215. The van der Waals surface area contributed by atoms with Crippen LogP contribution in [-0.4, -0.2) is 50.4 Å². The Balaban J connectivity index is 3.99. The topological polar surface area (TPSA) is 60.7 Å². The summed E-state index contributed by atoms with van der Waals surface area (Å²) >= 11 is 12.1. The molecule has 74 valence electrons. The van der Waals surface area contributed by atoms with Crippen molar-refractivity contribution in [1.82, 2.24) is 0 Å². The van der Waals surface area contributed by atoms with E-state index in [0.717, 1.165) is 0 Å². The summed E-state index contributed by atoms with van der Waals surface area (Å²) in [7, 11) is 0. The Kier molecular flexibility index (Phi) is 6.89. The second-order valence-electron chi connectivity index (χ2n) is 2.48. The van der Waals surface area contributed by atoms with Gasteiger partial charge in [0.05, 0.1) is 12.7 Å². The lowest BCUT2D eigenvalue weighted by molar-refractivity contribution is -0.0136. The molecule has 4 atom stereocenters. The second-order valence-corrected chi connectivity index (χ2v) is 4.11. The molecule has 0 saturated carbocycles. The molecule has 3 N–H and O–H groups in total. The smallest absolute Gasteiger partial charge is 0.104 e. The molecule has 0 saturated heterocycles. The van der Waals surface area contributed by atoms with Crippen LogP contribution in [0.3, 0.4) is 0 Å². The molecule has 0 spiro atoms. The summed E-state index contributed by atoms with van der Waals surface area (Å²) in [5.41, 5.74) is 0. The quantitative estimate of drug-likeness (QED) is 0.352. The van der Waals surface area contributed by atoms with Crippen LogP contribution in [0.2, 0.25) is 0 Å². The van der Waals surface area contributed by atoms with E-state index < -0.39 is 24.1 Å². The molecule has 0 aromatic carbocycles. The maximum atomic E-state index is 9.32. The first-order valence-electron chi connectivity index (χ1n) is 3.48. The van der Waals surface area contributed by atoms with E-state index in [1.54, 1.807) is 0 Å². The fraction of sp³-hybridized carbons (Fsp3) is 1.00. The highest BCUT2D eigenvalue weighted by Gasteiger charge is 2.27. The molecule has 0 aliphatic heterocycles. The Morgan fingerprint density at radius 3 is 2.00 bits per heavy atom. The maximum absolute atomic E-state index is 9.32. The minimum atomic E-state index is -1.16. The molecule has 0 amide bonds. The van der Waals surface area contributed by atoms with Crippen LogP contribution in [0, 0.1) is 0 Å². The third-order valence-electron chi connectivity index (χ3n) is 1.51. The van der Waals surface area contributed by atoms with Gasteiger partial charge in [0.25, 0.3) is 0 Å². The van der Waals surface area contributed by atoms with Crippen molar-refractivity contribution in [3.63, 3.8) is 0 Å². The number of thiol groups is 3. The zero-order valence-electron chi connectivity index (χ0n) is 6.41. The summed E-state index contributed by atoms with van der Waals surface area (Å²) in [5, 5.41) is 26.2. The van der Waals surface area contributed by atoms with Crippen molar-refractivity contribution in [2.45, 2.75) is 22.7 Å². The molecule has 12 heavy (non-hydrogen) atoms. The Morgan fingerprint density at radius 2 is 1.67 bits per heavy atom. The van der Waals surface area contributed by atoms with E-state index in [-0.39, 0.29) is 5.25 Å². The summed E-state index contributed by atoms with van der Waals surface area (Å²) in [5.74, 6) is 0.451. The van der Waals surface area contributed by atoms with Crippen LogP contribution in [0.25, 0.3) is 0 Å². The Bertz CT molecular complexity index is 111. The van der Waals surface area contributed by atoms with Crippen LogP contribution in [0.4, 0.5) is 0 Å². The van der Waals surface area contributed by atoms with E-state index >= 15 is 0 Å². The van der Waals surface area contributed by atoms with Gasteiger partial charge in [-0.15, -0.1) is 0 Å². The number of hydrogen-bond donors (Lipinski definition) is 6. The average Bonchev–Trinajstić information content (AvgIpc) is 2.12. The zero-order valence-corrected chi connectivity index (χ0v) is 9.09. The van der Waals surface area contributed by atoms with E-state index in [4.69, 9.17) is 10.2 Å². The number of aliphatic hydroxyl groups excluding tert-OH is 3. The largest absolute Gasteiger partial charge is 0.394 e. The molecular formula is C6H14O3S3. The van der Waals surface area contributed by atoms with Gasteiger partial charge in [0.1, 0.15) is 6.10 Å². The maximum Gasteiger partial charge on any atom is 0.104 e. The predicted octanol–water partition coefficient (Wildman–Crippen LogP) is -0.773. The standard InChI is InChI=1S/C6H14O3S3/c7-1-3(8)5(9)6(12)4(11)2-10/h3-12H,1-2H2. The fourth-order valence-electron chi connectivity index (χ4n) is 0.671. The van der Waals surface area contributed by atoms with Crippen LogP contribution in [0.15, 0.2) is 0 Å². The van der Waals surface area contributed by atoms with Crippen LogP contribution >= 0.6 is 37.9 Å². The van der Waals surface area contributed by atoms with Crippen molar-refractivity contribution in [1.29, 1.82) is 0 Å². The van der Waals surface area contributed by atoms with Gasteiger partial charge in [-0.3, -0.25) is 0 Å². The van der Waals surface area contributed by atoms with Crippen molar-refractivity contribution < 1.29 is 15.3 Å². The summed E-state index contributed by atoms with van der Waals surface area (Å²) in [4.78, 5) is 0. The van der Waals surface area contributed by atoms with Crippen LogP contribution in [-0.2, 0) is 0 Å². The third-order valence-corrected chi connectivity index (χ3v) is 3.60. The zero-order chi connectivity index (χ0) is 9.72. The summed E-state index contributed by atoms with van der Waals surface area (Å²) < 4.78 is 0. The molecule has 0 radical (unpaired) electrons. The lowest BCUT2D eigenvalue weighted by Crippen LogP contribution is -2.41. The van der Waals surface area contributed by atoms with Gasteiger partial charge < -0.3 is 15.3 Å². The van der Waals surface area contributed by atoms with Gasteiger partial charge in [-0.05, 0) is 0 Å². The fourth-order valence-corrected chi connectivity index (χ4v) is 1.55. The molecule has 4 unspecified atom stereocenters. The van der Waals surface area contributed by atoms with Crippen molar-refractivity contribution in [3.05, 3.63) is 0 Å². The van der Waals surface area contributed by atoms with E-state index in [1.165, 1.54) is 0 Å². The number of aliphatic hydroxyl groups is 3. The van der Waals surface area contributed by atoms with Gasteiger partial charge in [-0.25, -0.2) is 0 Å². The number of hydrogen-bond acceptors (Lipinski definition) is 6. The van der Waals surface area contributed by atoms with Crippen molar-refractivity contribution >= 4 is 37.9 Å². The lowest BCUT2D eigenvalue weighted by Gasteiger charge is -2.25. The Labute approximate surface area is 88.4 Å². The van der Waals surface area contributed by atoms with Crippen LogP contribution in [0.1, 0.15) is 0 Å². The highest BCUT2D eigenvalue weighted by molar-refractivity contribution is 7.87. The third kappa shape index (κ3) is 3.76. The second kappa shape index (κ2) is 6.39. The number of rotatable bonds is 5. The molecule has 0 bridgehead atoms. The summed E-state index contributed by atoms with van der Waals surface area (Å²) in [6.07, 6.45) is -2.24. The lowest BCUT2D eigenvalue weighted by atomic mass is 10.1. The Hall–Kier alpha value is 0.930. The molecule has 0 rings (SSSR count). The highest BCUT2D eigenvalue weighted by Crippen LogP contribution is 2.16. The van der Waals surface area contributed by atoms with Gasteiger partial charge in [-0.1, -0.05) is 0 Å². The molecular weight excluding hydrogens is 216 g/mol. The molecule has 0 aromatic rings. The van der Waals surface area contributed by atoms with Crippen molar-refractivity contribution in [2.75, 3.05) is 12.4 Å². The molecule has 0 fully saturated rings. The molecule has 3 nitrogen and oxygen atoms in total. The van der Waals surface area contributed by atoms with Gasteiger partial charge >= 0.3 is 0 Å². The van der Waals surface area contributed by atoms with E-state index in [2.05, 4.69) is 37.9 Å². The minimum Gasteiger partial charge on any atom is -0.394 e. The highest BCUT2D eigenvalue weighted by atomic mass is 32.1. The summed E-state index contributed by atoms with van der Waals surface area (Å²) in [6.45, 7) is -0.481. The Morgan fingerprint density at radius 1 is 1.17 bits per heavy atom. The van der Waals surface area contributed by atoms with Gasteiger partial charge in [0, 0.05) is 16.3 Å². The average molecular weight is 230 g/mol. The van der Waals surface area contributed by atoms with Gasteiger partial charge in [0.15, 0.2) is 0 Å². The van der Waals surface area contributed by atoms with Crippen molar-refractivity contribution in [3.8, 4) is 0 Å². The van der Waals surface area contributed by atoms with E-state index in [9.17, 15) is 5.11 Å². The normalized spacial score (nSPS) is 21.5. The van der Waals surface area contributed by atoms with E-state index in [0.29, 0.717) is 5.75 Å². The van der Waals surface area contributed by atoms with Gasteiger partial charge in [0.2, 0.25) is 0 Å². The van der Waals surface area contributed by atoms with E-state index in [1.807, 2.05) is 0 Å². The summed E-state index contributed by atoms with van der Waals surface area (Å²) in [6, 6.07) is 0. The first-order valence-corrected chi connectivity index (χ1v) is 5.15. The van der Waals surface area contributed by atoms with Gasteiger partial charge in [-0.2, -0.15) is 37.9 Å². The van der Waals surface area contributed by atoms with Crippen LogP contribution in [0.5, 0.6) is 0 Å². The molecule has 0 heterocycles. The molecule has 6 heteroatoms. The first-order chi connectivity index (χ1) is 5.54. The SMILES string of the molecule is OCC(O)C(O)C(S)C(S)CS. The first kappa shape index (κ1) is 12.9. The molecule has 0 aliphatic carbocycles. The molecule has 0 aliphatic rings.